The van der Waals surface area contributed by atoms with Gasteiger partial charge in [-0.05, 0) is 30.3 Å². The zero-order valence-corrected chi connectivity index (χ0v) is 11.7. The van der Waals surface area contributed by atoms with Gasteiger partial charge >= 0.3 is 0 Å². The number of fused-ring (bicyclic) bond motifs is 1. The van der Waals surface area contributed by atoms with Crippen molar-refractivity contribution < 1.29 is 4.92 Å². The summed E-state index contributed by atoms with van der Waals surface area (Å²) >= 11 is 0. The van der Waals surface area contributed by atoms with E-state index < -0.39 is 4.92 Å². The largest absolute Gasteiger partial charge is 0.378 e. The molecule has 0 unspecified atom stereocenters. The van der Waals surface area contributed by atoms with Gasteiger partial charge in [0.25, 0.3) is 5.69 Å². The molecule has 0 radical (unpaired) electrons. The molecule has 3 aromatic rings. The fourth-order valence-electron chi connectivity index (χ4n) is 2.23. The molecule has 0 aliphatic carbocycles. The number of aromatic nitrogens is 2. The lowest BCUT2D eigenvalue weighted by atomic mass is 10.2. The predicted molar refractivity (Wildman–Crippen MR) is 82.1 cm³/mol. The highest BCUT2D eigenvalue weighted by molar-refractivity contribution is 5.80. The third kappa shape index (κ3) is 2.31. The summed E-state index contributed by atoms with van der Waals surface area (Å²) in [6.07, 6.45) is 1.68. The summed E-state index contributed by atoms with van der Waals surface area (Å²) in [6.45, 7) is 0. The molecule has 1 heterocycles. The van der Waals surface area contributed by atoms with E-state index in [2.05, 4.69) is 4.98 Å². The van der Waals surface area contributed by atoms with Crippen molar-refractivity contribution in [3.63, 3.8) is 0 Å². The smallest absolute Gasteiger partial charge is 0.271 e. The topological polar surface area (TPSA) is 64.2 Å². The molecule has 0 atom stereocenters. The molecule has 3 rings (SSSR count). The van der Waals surface area contributed by atoms with E-state index in [1.165, 1.54) is 12.1 Å². The molecule has 0 saturated heterocycles. The number of rotatable bonds is 3. The number of nitrogens with zero attached hydrogens (tertiary/aromatic N) is 4. The maximum atomic E-state index is 10.8. The third-order valence-electron chi connectivity index (χ3n) is 3.39. The Balaban J connectivity index is 2.06. The molecule has 106 valence electrons. The van der Waals surface area contributed by atoms with Gasteiger partial charge < -0.3 is 4.90 Å². The summed E-state index contributed by atoms with van der Waals surface area (Å²) in [5.41, 5.74) is 3.59. The average molecular weight is 282 g/mol. The summed E-state index contributed by atoms with van der Waals surface area (Å²) in [4.78, 5) is 16.6. The van der Waals surface area contributed by atoms with Crippen molar-refractivity contribution in [2.45, 2.75) is 0 Å². The minimum atomic E-state index is -0.412. The molecule has 0 bridgehead atoms. The van der Waals surface area contributed by atoms with Crippen LogP contribution in [0, 0.1) is 10.1 Å². The SMILES string of the molecule is CN(C)c1ccc(-n2cnc3cc([N+](=O)[O-])ccc32)cc1. The van der Waals surface area contributed by atoms with Crippen LogP contribution in [0.3, 0.4) is 0 Å². The van der Waals surface area contributed by atoms with Crippen LogP contribution < -0.4 is 4.90 Å². The van der Waals surface area contributed by atoms with Crippen LogP contribution in [-0.4, -0.2) is 28.6 Å². The van der Waals surface area contributed by atoms with Crippen molar-refractivity contribution in [2.24, 2.45) is 0 Å². The van der Waals surface area contributed by atoms with Crippen molar-refractivity contribution in [3.8, 4) is 5.69 Å². The van der Waals surface area contributed by atoms with E-state index in [-0.39, 0.29) is 5.69 Å². The van der Waals surface area contributed by atoms with Gasteiger partial charge in [0.05, 0.1) is 16.0 Å². The van der Waals surface area contributed by atoms with Crippen molar-refractivity contribution >= 4 is 22.4 Å². The minimum absolute atomic E-state index is 0.0516. The van der Waals surface area contributed by atoms with E-state index in [9.17, 15) is 10.1 Å². The van der Waals surface area contributed by atoms with E-state index in [4.69, 9.17) is 0 Å². The number of imidazole rings is 1. The number of nitro benzene ring substituents is 1. The Bertz CT molecular complexity index is 806. The molecular weight excluding hydrogens is 268 g/mol. The van der Waals surface area contributed by atoms with Crippen LogP contribution in [0.4, 0.5) is 11.4 Å². The fourth-order valence-corrected chi connectivity index (χ4v) is 2.23. The summed E-state index contributed by atoms with van der Waals surface area (Å²) in [5, 5.41) is 10.8. The molecule has 0 spiro atoms. The van der Waals surface area contributed by atoms with Crippen LogP contribution in [0.25, 0.3) is 16.7 Å². The lowest BCUT2D eigenvalue weighted by molar-refractivity contribution is -0.384. The molecule has 2 aromatic carbocycles. The van der Waals surface area contributed by atoms with Crippen LogP contribution in [-0.2, 0) is 0 Å². The van der Waals surface area contributed by atoms with Crippen molar-refractivity contribution in [1.29, 1.82) is 0 Å². The second kappa shape index (κ2) is 4.90. The van der Waals surface area contributed by atoms with Crippen molar-refractivity contribution in [2.75, 3.05) is 19.0 Å². The number of hydrogen-bond donors (Lipinski definition) is 0. The van der Waals surface area contributed by atoms with Crippen LogP contribution >= 0.6 is 0 Å². The maximum Gasteiger partial charge on any atom is 0.271 e. The molecule has 21 heavy (non-hydrogen) atoms. The molecule has 0 amide bonds. The third-order valence-corrected chi connectivity index (χ3v) is 3.39. The maximum absolute atomic E-state index is 10.8. The van der Waals surface area contributed by atoms with Gasteiger partial charge in [-0.15, -0.1) is 0 Å². The summed E-state index contributed by atoms with van der Waals surface area (Å²) in [5.74, 6) is 0. The molecule has 0 aliphatic heterocycles. The molecule has 0 saturated carbocycles. The Labute approximate surface area is 121 Å². The van der Waals surface area contributed by atoms with Gasteiger partial charge in [-0.3, -0.25) is 14.7 Å². The quantitative estimate of drug-likeness (QED) is 0.547. The first-order valence-corrected chi connectivity index (χ1v) is 6.45. The lowest BCUT2D eigenvalue weighted by Crippen LogP contribution is -2.08. The van der Waals surface area contributed by atoms with E-state index in [1.54, 1.807) is 12.4 Å². The average Bonchev–Trinajstić information content (AvgIpc) is 2.90. The highest BCUT2D eigenvalue weighted by atomic mass is 16.6. The number of anilines is 1. The Morgan fingerprint density at radius 2 is 1.86 bits per heavy atom. The van der Waals surface area contributed by atoms with Gasteiger partial charge in [0.1, 0.15) is 6.33 Å². The van der Waals surface area contributed by atoms with E-state index >= 15 is 0 Å². The summed E-state index contributed by atoms with van der Waals surface area (Å²) in [7, 11) is 3.97. The van der Waals surface area contributed by atoms with Crippen LogP contribution in [0.1, 0.15) is 0 Å². The van der Waals surface area contributed by atoms with E-state index in [0.29, 0.717) is 5.52 Å². The number of non-ortho nitro benzene ring substituents is 1. The first kappa shape index (κ1) is 13.1. The second-order valence-corrected chi connectivity index (χ2v) is 4.96. The van der Waals surface area contributed by atoms with Gasteiger partial charge in [0.15, 0.2) is 0 Å². The van der Waals surface area contributed by atoms with E-state index in [0.717, 1.165) is 16.9 Å². The minimum Gasteiger partial charge on any atom is -0.378 e. The fraction of sp³-hybridized carbons (Fsp3) is 0.133. The molecule has 0 aliphatic rings. The van der Waals surface area contributed by atoms with Crippen molar-refractivity contribution in [1.82, 2.24) is 9.55 Å². The summed E-state index contributed by atoms with van der Waals surface area (Å²) < 4.78 is 1.92. The molecule has 1 aromatic heterocycles. The Kier molecular flexibility index (Phi) is 3.06. The van der Waals surface area contributed by atoms with Crippen LogP contribution in [0.2, 0.25) is 0 Å². The Hall–Kier alpha value is -2.89. The van der Waals surface area contributed by atoms with Crippen LogP contribution in [0.5, 0.6) is 0 Å². The molecular formula is C15H14N4O2. The number of benzene rings is 2. The highest BCUT2D eigenvalue weighted by Crippen LogP contribution is 2.23. The van der Waals surface area contributed by atoms with Gasteiger partial charge in [0.2, 0.25) is 0 Å². The normalized spacial score (nSPS) is 10.8. The molecule has 6 nitrogen and oxygen atoms in total. The predicted octanol–water partition coefficient (Wildman–Crippen LogP) is 3.00. The van der Waals surface area contributed by atoms with E-state index in [1.807, 2.05) is 47.8 Å². The zero-order valence-electron chi connectivity index (χ0n) is 11.7. The lowest BCUT2D eigenvalue weighted by Gasteiger charge is -2.13. The molecule has 6 heteroatoms. The van der Waals surface area contributed by atoms with Crippen molar-refractivity contribution in [3.05, 3.63) is 58.9 Å². The van der Waals surface area contributed by atoms with Crippen LogP contribution in [0.15, 0.2) is 48.8 Å². The Morgan fingerprint density at radius 1 is 1.14 bits per heavy atom. The second-order valence-electron chi connectivity index (χ2n) is 4.96. The number of nitro groups is 1. The van der Waals surface area contributed by atoms with Gasteiger partial charge in [-0.2, -0.15) is 0 Å². The Morgan fingerprint density at radius 3 is 2.48 bits per heavy atom. The van der Waals surface area contributed by atoms with Gasteiger partial charge in [-0.25, -0.2) is 4.98 Å². The first-order valence-electron chi connectivity index (χ1n) is 6.45. The molecule has 0 fully saturated rings. The standard InChI is InChI=1S/C15H14N4O2/c1-17(2)11-3-5-12(6-4-11)18-10-16-14-9-13(19(20)21)7-8-15(14)18/h3-10H,1-2H3. The van der Waals surface area contributed by atoms with Gasteiger partial charge in [0, 0.05) is 37.6 Å². The zero-order chi connectivity index (χ0) is 15.0. The number of hydrogen-bond acceptors (Lipinski definition) is 4. The van der Waals surface area contributed by atoms with Gasteiger partial charge in [-0.1, -0.05) is 0 Å². The summed E-state index contributed by atoms with van der Waals surface area (Å²) in [6, 6.07) is 12.7. The molecule has 0 N–H and O–H groups in total. The first-order chi connectivity index (χ1) is 10.1. The monoisotopic (exact) mass is 282 g/mol. The highest BCUT2D eigenvalue weighted by Gasteiger charge is 2.10.